The lowest BCUT2D eigenvalue weighted by molar-refractivity contribution is 0.150. The number of hydrogen-bond donors (Lipinski definition) is 1. The number of rotatable bonds is 7. The topological polar surface area (TPSA) is 34.1 Å². The molecule has 0 bridgehead atoms. The summed E-state index contributed by atoms with van der Waals surface area (Å²) in [6.07, 6.45) is 2.86. The Hall–Kier alpha value is 0.0300. The molecule has 0 saturated carbocycles. The van der Waals surface area contributed by atoms with Crippen molar-refractivity contribution in [3.8, 4) is 0 Å². The van der Waals surface area contributed by atoms with E-state index in [2.05, 4.69) is 56.0 Å². The van der Waals surface area contributed by atoms with Gasteiger partial charge in [-0.05, 0) is 49.8 Å². The number of aromatic nitrogens is 1. The second kappa shape index (κ2) is 7.58. The number of pyridine rings is 1. The lowest BCUT2D eigenvalue weighted by Gasteiger charge is -2.24. The van der Waals surface area contributed by atoms with Gasteiger partial charge in [-0.2, -0.15) is 0 Å². The second-order valence-corrected chi connectivity index (χ2v) is 6.86. The van der Waals surface area contributed by atoms with Crippen molar-refractivity contribution in [1.29, 1.82) is 0 Å². The SMILES string of the molecule is COCCC(C)(C)CNCc1ncc(Br)cc1Br. The van der Waals surface area contributed by atoms with Crippen LogP contribution >= 0.6 is 31.9 Å². The summed E-state index contributed by atoms with van der Waals surface area (Å²) in [5, 5.41) is 3.45. The molecule has 3 nitrogen and oxygen atoms in total. The summed E-state index contributed by atoms with van der Waals surface area (Å²) in [7, 11) is 1.74. The number of nitrogens with one attached hydrogen (secondary N) is 1. The first-order valence-electron chi connectivity index (χ1n) is 5.94. The molecule has 102 valence electrons. The third-order valence-corrected chi connectivity index (χ3v) is 3.88. The monoisotopic (exact) mass is 378 g/mol. The highest BCUT2D eigenvalue weighted by Crippen LogP contribution is 2.21. The van der Waals surface area contributed by atoms with Gasteiger partial charge in [0, 0.05) is 41.9 Å². The summed E-state index contributed by atoms with van der Waals surface area (Å²) in [6.45, 7) is 6.99. The predicted molar refractivity (Wildman–Crippen MR) is 81.6 cm³/mol. The van der Waals surface area contributed by atoms with Gasteiger partial charge >= 0.3 is 0 Å². The minimum atomic E-state index is 0.234. The molecule has 0 amide bonds. The molecule has 0 saturated heterocycles. The number of ether oxygens (including phenoxy) is 1. The predicted octanol–water partition coefficient (Wildman–Crippen LogP) is 3.76. The maximum absolute atomic E-state index is 5.12. The number of methoxy groups -OCH3 is 1. The third-order valence-electron chi connectivity index (χ3n) is 2.76. The van der Waals surface area contributed by atoms with Crippen LogP contribution in [0.5, 0.6) is 0 Å². The Morgan fingerprint density at radius 3 is 2.72 bits per heavy atom. The van der Waals surface area contributed by atoms with E-state index in [1.807, 2.05) is 12.3 Å². The molecule has 0 spiro atoms. The fraction of sp³-hybridized carbons (Fsp3) is 0.615. The van der Waals surface area contributed by atoms with E-state index >= 15 is 0 Å². The van der Waals surface area contributed by atoms with E-state index in [1.165, 1.54) is 0 Å². The van der Waals surface area contributed by atoms with Crippen LogP contribution in [0.3, 0.4) is 0 Å². The Balaban J connectivity index is 2.41. The first kappa shape index (κ1) is 16.1. The molecule has 1 rings (SSSR count). The molecule has 0 aromatic carbocycles. The summed E-state index contributed by atoms with van der Waals surface area (Å²) in [5.41, 5.74) is 1.26. The molecule has 1 aromatic rings. The normalized spacial score (nSPS) is 11.8. The van der Waals surface area contributed by atoms with Crippen molar-refractivity contribution in [1.82, 2.24) is 10.3 Å². The van der Waals surface area contributed by atoms with Crippen molar-refractivity contribution >= 4 is 31.9 Å². The molecule has 1 heterocycles. The molecule has 0 aliphatic heterocycles. The second-order valence-electron chi connectivity index (χ2n) is 5.09. The Bertz CT molecular complexity index is 383. The molecule has 18 heavy (non-hydrogen) atoms. The van der Waals surface area contributed by atoms with Crippen LogP contribution in [0.1, 0.15) is 26.0 Å². The minimum absolute atomic E-state index is 0.234. The highest BCUT2D eigenvalue weighted by atomic mass is 79.9. The van der Waals surface area contributed by atoms with Crippen molar-refractivity contribution in [2.45, 2.75) is 26.8 Å². The van der Waals surface area contributed by atoms with E-state index in [9.17, 15) is 0 Å². The molecule has 0 unspecified atom stereocenters. The van der Waals surface area contributed by atoms with Crippen LogP contribution in [0, 0.1) is 5.41 Å². The van der Waals surface area contributed by atoms with Gasteiger partial charge in [-0.1, -0.05) is 13.8 Å². The maximum atomic E-state index is 5.12. The Labute approximate surface area is 126 Å². The zero-order chi connectivity index (χ0) is 13.6. The first-order valence-corrected chi connectivity index (χ1v) is 7.53. The molecule has 0 atom stereocenters. The highest BCUT2D eigenvalue weighted by molar-refractivity contribution is 9.11. The van der Waals surface area contributed by atoms with E-state index in [0.717, 1.165) is 40.8 Å². The average Bonchev–Trinajstić information content (AvgIpc) is 2.29. The van der Waals surface area contributed by atoms with Crippen molar-refractivity contribution in [2.75, 3.05) is 20.3 Å². The highest BCUT2D eigenvalue weighted by Gasteiger charge is 2.17. The van der Waals surface area contributed by atoms with Crippen LogP contribution in [-0.2, 0) is 11.3 Å². The summed E-state index contributed by atoms with van der Waals surface area (Å²) in [4.78, 5) is 4.38. The number of halogens is 2. The van der Waals surface area contributed by atoms with Crippen molar-refractivity contribution in [3.05, 3.63) is 26.9 Å². The zero-order valence-electron chi connectivity index (χ0n) is 11.1. The fourth-order valence-electron chi connectivity index (χ4n) is 1.56. The van der Waals surface area contributed by atoms with Crippen LogP contribution in [0.2, 0.25) is 0 Å². The van der Waals surface area contributed by atoms with Crippen LogP contribution in [-0.4, -0.2) is 25.2 Å². The molecule has 5 heteroatoms. The standard InChI is InChI=1S/C13H20Br2N2O/c1-13(2,4-5-18-3)9-16-8-12-11(15)6-10(14)7-17-12/h6-7,16H,4-5,8-9H2,1-3H3. The zero-order valence-corrected chi connectivity index (χ0v) is 14.3. The van der Waals surface area contributed by atoms with Gasteiger partial charge in [0.1, 0.15) is 0 Å². The lowest BCUT2D eigenvalue weighted by atomic mass is 9.90. The largest absolute Gasteiger partial charge is 0.385 e. The first-order chi connectivity index (χ1) is 8.44. The molecule has 1 N–H and O–H groups in total. The van der Waals surface area contributed by atoms with E-state index in [-0.39, 0.29) is 5.41 Å². The van der Waals surface area contributed by atoms with E-state index in [1.54, 1.807) is 7.11 Å². The van der Waals surface area contributed by atoms with Gasteiger partial charge in [-0.15, -0.1) is 0 Å². The summed E-state index contributed by atoms with van der Waals surface area (Å²) in [6, 6.07) is 2.01. The quantitative estimate of drug-likeness (QED) is 0.783. The van der Waals surface area contributed by atoms with Gasteiger partial charge in [-0.3, -0.25) is 4.98 Å². The van der Waals surface area contributed by atoms with Gasteiger partial charge in [0.25, 0.3) is 0 Å². The molecule has 0 fully saturated rings. The van der Waals surface area contributed by atoms with E-state index in [4.69, 9.17) is 4.74 Å². The van der Waals surface area contributed by atoms with Crippen molar-refractivity contribution < 1.29 is 4.74 Å². The van der Waals surface area contributed by atoms with Gasteiger partial charge in [-0.25, -0.2) is 0 Å². The molecule has 1 aromatic heterocycles. The van der Waals surface area contributed by atoms with Crippen LogP contribution in [0.15, 0.2) is 21.2 Å². The molecule has 0 aliphatic carbocycles. The third kappa shape index (κ3) is 5.78. The van der Waals surface area contributed by atoms with Gasteiger partial charge in [0.2, 0.25) is 0 Å². The molecular weight excluding hydrogens is 360 g/mol. The number of hydrogen-bond acceptors (Lipinski definition) is 3. The fourth-order valence-corrected chi connectivity index (χ4v) is 2.69. The van der Waals surface area contributed by atoms with E-state index in [0.29, 0.717) is 0 Å². The molecule has 0 radical (unpaired) electrons. The Morgan fingerprint density at radius 2 is 2.11 bits per heavy atom. The van der Waals surface area contributed by atoms with Crippen molar-refractivity contribution in [2.24, 2.45) is 5.41 Å². The minimum Gasteiger partial charge on any atom is -0.385 e. The smallest absolute Gasteiger partial charge is 0.0684 e. The summed E-state index contributed by atoms with van der Waals surface area (Å²) >= 11 is 6.92. The Morgan fingerprint density at radius 1 is 1.39 bits per heavy atom. The van der Waals surface area contributed by atoms with Gasteiger partial charge < -0.3 is 10.1 Å². The van der Waals surface area contributed by atoms with Crippen LogP contribution in [0.4, 0.5) is 0 Å². The number of nitrogens with zero attached hydrogens (tertiary/aromatic N) is 1. The summed E-state index contributed by atoms with van der Waals surface area (Å²) < 4.78 is 7.13. The molecular formula is C13H20Br2N2O. The average molecular weight is 380 g/mol. The summed E-state index contributed by atoms with van der Waals surface area (Å²) in [5.74, 6) is 0. The molecule has 0 aliphatic rings. The lowest BCUT2D eigenvalue weighted by Crippen LogP contribution is -2.30. The Kier molecular flexibility index (Phi) is 6.77. The van der Waals surface area contributed by atoms with Gasteiger partial charge in [0.05, 0.1) is 5.69 Å². The van der Waals surface area contributed by atoms with E-state index < -0.39 is 0 Å². The maximum Gasteiger partial charge on any atom is 0.0684 e. The van der Waals surface area contributed by atoms with Gasteiger partial charge in [0.15, 0.2) is 0 Å². The van der Waals surface area contributed by atoms with Crippen molar-refractivity contribution in [3.63, 3.8) is 0 Å². The van der Waals surface area contributed by atoms with Crippen LogP contribution < -0.4 is 5.32 Å². The van der Waals surface area contributed by atoms with Crippen LogP contribution in [0.25, 0.3) is 0 Å².